The van der Waals surface area contributed by atoms with Crippen LogP contribution in [0.2, 0.25) is 0 Å². The van der Waals surface area contributed by atoms with Gasteiger partial charge in [-0.1, -0.05) is 6.92 Å². The van der Waals surface area contributed by atoms with Gasteiger partial charge in [0, 0.05) is 48.3 Å². The monoisotopic (exact) mass is 300 g/mol. The first kappa shape index (κ1) is 19.5. The molecule has 6 nitrogen and oxygen atoms in total. The zero-order valence-electron chi connectivity index (χ0n) is 15.1. The highest BCUT2D eigenvalue weighted by Crippen LogP contribution is 2.10. The number of amides is 1. The molecule has 21 heavy (non-hydrogen) atoms. The van der Waals surface area contributed by atoms with Crippen LogP contribution >= 0.6 is 0 Å². The number of carbonyl (C=O) groups excluding carboxylic acids is 1. The molecule has 0 aromatic rings. The average Bonchev–Trinajstić information content (AvgIpc) is 2.25. The van der Waals surface area contributed by atoms with E-state index in [2.05, 4.69) is 11.9 Å². The van der Waals surface area contributed by atoms with Crippen LogP contribution in [0.15, 0.2) is 4.99 Å². The van der Waals surface area contributed by atoms with Crippen molar-refractivity contribution in [1.82, 2.24) is 14.7 Å². The number of guanidine groups is 1. The van der Waals surface area contributed by atoms with Crippen molar-refractivity contribution >= 4 is 12.1 Å². The second kappa shape index (κ2) is 8.10. The molecule has 0 fully saturated rings. The molecular formula is C15H32N4O2. The Morgan fingerprint density at radius 1 is 1.10 bits per heavy atom. The maximum atomic E-state index is 11.9. The van der Waals surface area contributed by atoms with Crippen LogP contribution < -0.4 is 0 Å². The first-order chi connectivity index (χ1) is 9.44. The fourth-order valence-corrected chi connectivity index (χ4v) is 1.86. The van der Waals surface area contributed by atoms with Crippen molar-refractivity contribution in [2.45, 2.75) is 33.3 Å². The summed E-state index contributed by atoms with van der Waals surface area (Å²) in [6.45, 7) is 8.96. The van der Waals surface area contributed by atoms with E-state index in [1.807, 2.05) is 58.8 Å². The van der Waals surface area contributed by atoms with Gasteiger partial charge in [-0.2, -0.15) is 0 Å². The highest BCUT2D eigenvalue weighted by Gasteiger charge is 2.20. The third-order valence-electron chi connectivity index (χ3n) is 2.64. The van der Waals surface area contributed by atoms with Gasteiger partial charge in [0.1, 0.15) is 5.60 Å². The molecule has 0 aliphatic heterocycles. The Bertz CT molecular complexity index is 349. The van der Waals surface area contributed by atoms with Crippen molar-refractivity contribution in [2.24, 2.45) is 10.9 Å². The van der Waals surface area contributed by atoms with E-state index in [9.17, 15) is 4.79 Å². The molecule has 6 heteroatoms. The summed E-state index contributed by atoms with van der Waals surface area (Å²) >= 11 is 0. The minimum atomic E-state index is -0.463. The van der Waals surface area contributed by atoms with Crippen molar-refractivity contribution in [3.05, 3.63) is 0 Å². The van der Waals surface area contributed by atoms with Crippen LogP contribution in [0, 0.1) is 5.92 Å². The predicted molar refractivity (Wildman–Crippen MR) is 87.7 cm³/mol. The Morgan fingerprint density at radius 2 is 1.57 bits per heavy atom. The minimum absolute atomic E-state index is 0.261. The zero-order chi connectivity index (χ0) is 16.8. The molecule has 0 rings (SSSR count). The smallest absolute Gasteiger partial charge is 0.410 e. The lowest BCUT2D eigenvalue weighted by Gasteiger charge is -2.27. The van der Waals surface area contributed by atoms with Gasteiger partial charge in [0.25, 0.3) is 0 Å². The molecular weight excluding hydrogens is 268 g/mol. The summed E-state index contributed by atoms with van der Waals surface area (Å²) in [7, 11) is 9.63. The summed E-state index contributed by atoms with van der Waals surface area (Å²) in [5, 5.41) is 0. The van der Waals surface area contributed by atoms with Gasteiger partial charge in [-0.05, 0) is 26.7 Å². The molecule has 0 aromatic carbocycles. The summed E-state index contributed by atoms with van der Waals surface area (Å²) in [6, 6.07) is 0. The van der Waals surface area contributed by atoms with Crippen molar-refractivity contribution in [3.8, 4) is 0 Å². The molecule has 0 aliphatic carbocycles. The topological polar surface area (TPSA) is 48.4 Å². The standard InChI is InChI=1S/C15H32N4O2/c1-12(10-16-13(17(5)6)18(7)8)11-19(9)14(20)21-15(2,3)4/h12H,10-11H2,1-9H3. The Kier molecular flexibility index (Phi) is 7.53. The molecule has 0 radical (unpaired) electrons. The third kappa shape index (κ3) is 8.42. The van der Waals surface area contributed by atoms with E-state index in [0.29, 0.717) is 13.1 Å². The van der Waals surface area contributed by atoms with Gasteiger partial charge < -0.3 is 19.4 Å². The van der Waals surface area contributed by atoms with Crippen molar-refractivity contribution in [1.29, 1.82) is 0 Å². The molecule has 1 unspecified atom stereocenters. The summed E-state index contributed by atoms with van der Waals surface area (Å²) < 4.78 is 5.34. The van der Waals surface area contributed by atoms with Gasteiger partial charge in [-0.3, -0.25) is 4.99 Å². The quantitative estimate of drug-likeness (QED) is 0.588. The van der Waals surface area contributed by atoms with Gasteiger partial charge >= 0.3 is 6.09 Å². The second-order valence-electron chi connectivity index (χ2n) is 6.90. The molecule has 0 aliphatic rings. The van der Waals surface area contributed by atoms with E-state index in [4.69, 9.17) is 4.74 Å². The number of ether oxygens (including phenoxy) is 1. The van der Waals surface area contributed by atoms with E-state index in [0.717, 1.165) is 5.96 Å². The van der Waals surface area contributed by atoms with Crippen LogP contribution in [0.4, 0.5) is 4.79 Å². The summed E-state index contributed by atoms with van der Waals surface area (Å²) in [6.07, 6.45) is -0.293. The fraction of sp³-hybridized carbons (Fsp3) is 0.867. The minimum Gasteiger partial charge on any atom is -0.444 e. The number of carbonyl (C=O) groups is 1. The number of hydrogen-bond donors (Lipinski definition) is 0. The molecule has 1 amide bonds. The third-order valence-corrected chi connectivity index (χ3v) is 2.64. The lowest BCUT2D eigenvalue weighted by Crippen LogP contribution is -2.38. The van der Waals surface area contributed by atoms with E-state index < -0.39 is 5.60 Å². The Hall–Kier alpha value is -1.46. The molecule has 0 aromatic heterocycles. The maximum absolute atomic E-state index is 11.9. The van der Waals surface area contributed by atoms with Gasteiger partial charge in [-0.15, -0.1) is 0 Å². The highest BCUT2D eigenvalue weighted by molar-refractivity contribution is 5.79. The Labute approximate surface area is 129 Å². The van der Waals surface area contributed by atoms with Crippen LogP contribution in [-0.2, 0) is 4.74 Å². The fourth-order valence-electron chi connectivity index (χ4n) is 1.86. The van der Waals surface area contributed by atoms with E-state index in [1.54, 1.807) is 11.9 Å². The Morgan fingerprint density at radius 3 is 1.95 bits per heavy atom. The van der Waals surface area contributed by atoms with Gasteiger partial charge in [-0.25, -0.2) is 4.79 Å². The SMILES string of the molecule is CC(CN=C(N(C)C)N(C)C)CN(C)C(=O)OC(C)(C)C. The molecule has 0 N–H and O–H groups in total. The molecule has 1 atom stereocenters. The van der Waals surface area contributed by atoms with Crippen molar-refractivity contribution in [3.63, 3.8) is 0 Å². The number of rotatable bonds is 4. The van der Waals surface area contributed by atoms with E-state index in [1.165, 1.54) is 0 Å². The summed E-state index contributed by atoms with van der Waals surface area (Å²) in [4.78, 5) is 22.1. The molecule has 0 spiro atoms. The van der Waals surface area contributed by atoms with Crippen LogP contribution in [0.5, 0.6) is 0 Å². The number of hydrogen-bond acceptors (Lipinski definition) is 3. The second-order valence-corrected chi connectivity index (χ2v) is 6.90. The average molecular weight is 300 g/mol. The molecule has 0 saturated carbocycles. The molecule has 0 heterocycles. The number of aliphatic imine (C=N–C) groups is 1. The summed E-state index contributed by atoms with van der Waals surface area (Å²) in [5.41, 5.74) is -0.463. The largest absolute Gasteiger partial charge is 0.444 e. The van der Waals surface area contributed by atoms with E-state index in [-0.39, 0.29) is 12.0 Å². The first-order valence-corrected chi connectivity index (χ1v) is 7.27. The van der Waals surface area contributed by atoms with Gasteiger partial charge in [0.15, 0.2) is 5.96 Å². The van der Waals surface area contributed by atoms with Crippen LogP contribution in [0.25, 0.3) is 0 Å². The maximum Gasteiger partial charge on any atom is 0.410 e. The highest BCUT2D eigenvalue weighted by atomic mass is 16.6. The van der Waals surface area contributed by atoms with Crippen molar-refractivity contribution < 1.29 is 9.53 Å². The molecule has 124 valence electrons. The summed E-state index contributed by atoms with van der Waals surface area (Å²) in [5.74, 6) is 1.18. The van der Waals surface area contributed by atoms with Crippen LogP contribution in [0.1, 0.15) is 27.7 Å². The van der Waals surface area contributed by atoms with Crippen LogP contribution in [0.3, 0.4) is 0 Å². The molecule has 0 bridgehead atoms. The zero-order valence-corrected chi connectivity index (χ0v) is 15.1. The van der Waals surface area contributed by atoms with Crippen molar-refractivity contribution in [2.75, 3.05) is 48.3 Å². The van der Waals surface area contributed by atoms with E-state index >= 15 is 0 Å². The van der Waals surface area contributed by atoms with Crippen LogP contribution in [-0.4, -0.2) is 80.7 Å². The Balaban J connectivity index is 4.46. The lowest BCUT2D eigenvalue weighted by atomic mass is 10.2. The number of nitrogens with zero attached hydrogens (tertiary/aromatic N) is 4. The molecule has 0 saturated heterocycles. The van der Waals surface area contributed by atoms with Gasteiger partial charge in [0.2, 0.25) is 0 Å². The normalized spacial score (nSPS) is 12.4. The lowest BCUT2D eigenvalue weighted by molar-refractivity contribution is 0.0278. The predicted octanol–water partition coefficient (Wildman–Crippen LogP) is 1.97. The first-order valence-electron chi connectivity index (χ1n) is 7.27. The van der Waals surface area contributed by atoms with Gasteiger partial charge in [0.05, 0.1) is 0 Å².